The molecule has 1 saturated carbocycles. The third kappa shape index (κ3) is 3.71. The summed E-state index contributed by atoms with van der Waals surface area (Å²) in [6, 6.07) is 9.71. The minimum Gasteiger partial charge on any atom is -0.316 e. The first kappa shape index (κ1) is 14.7. The number of urea groups is 1. The predicted octanol–water partition coefficient (Wildman–Crippen LogP) is 3.64. The van der Waals surface area contributed by atoms with Gasteiger partial charge in [-0.3, -0.25) is 5.32 Å². The van der Waals surface area contributed by atoms with Crippen molar-refractivity contribution in [2.45, 2.75) is 25.3 Å². The lowest BCUT2D eigenvalue weighted by Gasteiger charge is -2.20. The lowest BCUT2D eigenvalue weighted by molar-refractivity contribution is 0.215. The lowest BCUT2D eigenvalue weighted by atomic mass is 10.2. The van der Waals surface area contributed by atoms with Crippen LogP contribution in [0.2, 0.25) is 0 Å². The van der Waals surface area contributed by atoms with Gasteiger partial charge in [0.25, 0.3) is 0 Å². The van der Waals surface area contributed by atoms with Crippen LogP contribution in [0.1, 0.15) is 29.3 Å². The molecule has 0 spiro atoms. The van der Waals surface area contributed by atoms with Crippen LogP contribution in [-0.4, -0.2) is 27.7 Å². The van der Waals surface area contributed by atoms with Crippen molar-refractivity contribution in [3.8, 4) is 0 Å². The number of amides is 2. The Morgan fingerprint density at radius 2 is 2.14 bits per heavy atom. The average molecular weight is 314 g/mol. The number of hydrogen-bond acceptors (Lipinski definition) is 4. The summed E-state index contributed by atoms with van der Waals surface area (Å²) >= 11 is 1.47. The number of nitrogens with one attached hydrogen (secondary N) is 1. The molecule has 1 fully saturated rings. The molecule has 6 heteroatoms. The van der Waals surface area contributed by atoms with Crippen LogP contribution < -0.4 is 5.32 Å². The van der Waals surface area contributed by atoms with Gasteiger partial charge in [0, 0.05) is 19.0 Å². The van der Waals surface area contributed by atoms with E-state index in [2.05, 4.69) is 22.1 Å². The fourth-order valence-electron chi connectivity index (χ4n) is 2.13. The van der Waals surface area contributed by atoms with Crippen LogP contribution in [-0.2, 0) is 6.54 Å². The highest BCUT2D eigenvalue weighted by molar-refractivity contribution is 7.15. The summed E-state index contributed by atoms with van der Waals surface area (Å²) in [4.78, 5) is 14.1. The molecule has 2 amide bonds. The van der Waals surface area contributed by atoms with E-state index in [1.807, 2.05) is 30.3 Å². The van der Waals surface area contributed by atoms with Crippen molar-refractivity contribution < 1.29 is 4.79 Å². The van der Waals surface area contributed by atoms with E-state index in [-0.39, 0.29) is 6.03 Å². The summed E-state index contributed by atoms with van der Waals surface area (Å²) in [5.41, 5.74) is 1.08. The molecule has 1 aliphatic carbocycles. The second kappa shape index (κ2) is 6.70. The summed E-state index contributed by atoms with van der Waals surface area (Å²) in [6.45, 7) is 4.74. The van der Waals surface area contributed by atoms with Crippen molar-refractivity contribution in [2.24, 2.45) is 0 Å². The fraction of sp³-hybridized carbons (Fsp3) is 0.312. The molecule has 0 atom stereocenters. The molecule has 1 N–H and O–H groups in total. The normalized spacial score (nSPS) is 13.6. The van der Waals surface area contributed by atoms with Gasteiger partial charge in [-0.05, 0) is 18.4 Å². The monoisotopic (exact) mass is 314 g/mol. The van der Waals surface area contributed by atoms with Crippen molar-refractivity contribution in [1.82, 2.24) is 15.1 Å². The van der Waals surface area contributed by atoms with Gasteiger partial charge >= 0.3 is 6.03 Å². The van der Waals surface area contributed by atoms with Gasteiger partial charge in [-0.2, -0.15) is 0 Å². The molecule has 1 aliphatic rings. The van der Waals surface area contributed by atoms with Crippen molar-refractivity contribution >= 4 is 22.5 Å². The zero-order chi connectivity index (χ0) is 15.4. The van der Waals surface area contributed by atoms with Gasteiger partial charge in [-0.15, -0.1) is 16.8 Å². The minimum absolute atomic E-state index is 0.178. The van der Waals surface area contributed by atoms with Crippen LogP contribution in [0.5, 0.6) is 0 Å². The van der Waals surface area contributed by atoms with E-state index in [4.69, 9.17) is 0 Å². The molecule has 0 aliphatic heterocycles. The number of carbonyl (C=O) groups excluding carboxylic acids is 1. The van der Waals surface area contributed by atoms with Crippen LogP contribution in [0.25, 0.3) is 0 Å². The van der Waals surface area contributed by atoms with Crippen molar-refractivity contribution in [3.05, 3.63) is 53.6 Å². The molecule has 2 aromatic rings. The van der Waals surface area contributed by atoms with Crippen LogP contribution in [0.4, 0.5) is 9.93 Å². The molecule has 0 bridgehead atoms. The third-order valence-electron chi connectivity index (χ3n) is 3.43. The predicted molar refractivity (Wildman–Crippen MR) is 88.0 cm³/mol. The highest BCUT2D eigenvalue weighted by atomic mass is 32.1. The van der Waals surface area contributed by atoms with Gasteiger partial charge in [-0.25, -0.2) is 4.79 Å². The topological polar surface area (TPSA) is 58.1 Å². The molecule has 22 heavy (non-hydrogen) atoms. The maximum Gasteiger partial charge on any atom is 0.324 e. The average Bonchev–Trinajstić information content (AvgIpc) is 3.28. The van der Waals surface area contributed by atoms with E-state index in [1.165, 1.54) is 24.2 Å². The summed E-state index contributed by atoms with van der Waals surface area (Å²) in [7, 11) is 0. The SMILES string of the molecule is C=CCN(Cc1ccccc1)C(=O)Nc1nnc(C2CC2)s1. The number of carbonyl (C=O) groups is 1. The zero-order valence-electron chi connectivity index (χ0n) is 12.2. The molecule has 114 valence electrons. The standard InChI is InChI=1S/C16H18N4OS/c1-2-10-20(11-12-6-4-3-5-7-12)16(21)17-15-19-18-14(22-15)13-8-9-13/h2-7,13H,1,8-11H2,(H,17,19,21). The molecular formula is C16H18N4OS. The summed E-state index contributed by atoms with van der Waals surface area (Å²) in [5, 5.41) is 12.6. The highest BCUT2D eigenvalue weighted by Gasteiger charge is 2.28. The lowest BCUT2D eigenvalue weighted by Crippen LogP contribution is -2.34. The summed E-state index contributed by atoms with van der Waals surface area (Å²) in [5.74, 6) is 0.553. The van der Waals surface area contributed by atoms with Gasteiger partial charge in [0.15, 0.2) is 0 Å². The maximum atomic E-state index is 12.4. The summed E-state index contributed by atoms with van der Waals surface area (Å²) < 4.78 is 0. The Hall–Kier alpha value is -2.21. The van der Waals surface area contributed by atoms with Crippen LogP contribution in [0.3, 0.4) is 0 Å². The van der Waals surface area contributed by atoms with Gasteiger partial charge < -0.3 is 4.90 Å². The molecule has 1 aromatic carbocycles. The van der Waals surface area contributed by atoms with E-state index in [9.17, 15) is 4.79 Å². The largest absolute Gasteiger partial charge is 0.324 e. The second-order valence-corrected chi connectivity index (χ2v) is 6.31. The van der Waals surface area contributed by atoms with Crippen molar-refractivity contribution in [2.75, 3.05) is 11.9 Å². The minimum atomic E-state index is -0.178. The van der Waals surface area contributed by atoms with E-state index >= 15 is 0 Å². The molecule has 0 unspecified atom stereocenters. The highest BCUT2D eigenvalue weighted by Crippen LogP contribution is 2.42. The Labute approximate surface area is 133 Å². The summed E-state index contributed by atoms with van der Waals surface area (Å²) in [6.07, 6.45) is 4.08. The van der Waals surface area contributed by atoms with Crippen molar-refractivity contribution in [3.63, 3.8) is 0 Å². The molecule has 1 aromatic heterocycles. The Kier molecular flexibility index (Phi) is 4.48. The first-order valence-corrected chi connectivity index (χ1v) is 8.12. The molecule has 0 radical (unpaired) electrons. The molecule has 3 rings (SSSR count). The maximum absolute atomic E-state index is 12.4. The van der Waals surface area contributed by atoms with Gasteiger partial charge in [-0.1, -0.05) is 47.7 Å². The van der Waals surface area contributed by atoms with Crippen LogP contribution >= 0.6 is 11.3 Å². The molecule has 0 saturated heterocycles. The zero-order valence-corrected chi connectivity index (χ0v) is 13.1. The van der Waals surface area contributed by atoms with Crippen LogP contribution in [0, 0.1) is 0 Å². The molecule has 5 nitrogen and oxygen atoms in total. The number of hydrogen-bond donors (Lipinski definition) is 1. The third-order valence-corrected chi connectivity index (χ3v) is 4.44. The molecule has 1 heterocycles. The second-order valence-electron chi connectivity index (χ2n) is 5.30. The number of anilines is 1. The smallest absolute Gasteiger partial charge is 0.316 e. The van der Waals surface area contributed by atoms with Crippen molar-refractivity contribution in [1.29, 1.82) is 0 Å². The van der Waals surface area contributed by atoms with E-state index in [1.54, 1.807) is 11.0 Å². The van der Waals surface area contributed by atoms with Crippen LogP contribution in [0.15, 0.2) is 43.0 Å². The van der Waals surface area contributed by atoms with E-state index in [0.717, 1.165) is 10.6 Å². The van der Waals surface area contributed by atoms with E-state index < -0.39 is 0 Å². The number of rotatable bonds is 6. The van der Waals surface area contributed by atoms with Gasteiger partial charge in [0.2, 0.25) is 5.13 Å². The Morgan fingerprint density at radius 1 is 1.36 bits per heavy atom. The quantitative estimate of drug-likeness (QED) is 0.828. The first-order valence-electron chi connectivity index (χ1n) is 7.30. The Bertz CT molecular complexity index is 651. The number of nitrogens with zero attached hydrogens (tertiary/aromatic N) is 3. The van der Waals surface area contributed by atoms with E-state index in [0.29, 0.717) is 24.1 Å². The first-order chi connectivity index (χ1) is 10.8. The Morgan fingerprint density at radius 3 is 2.82 bits per heavy atom. The Balaban J connectivity index is 1.64. The van der Waals surface area contributed by atoms with Gasteiger partial charge in [0.05, 0.1) is 0 Å². The molecular weight excluding hydrogens is 296 g/mol. The fourth-order valence-corrected chi connectivity index (χ4v) is 3.03. The number of aromatic nitrogens is 2. The van der Waals surface area contributed by atoms with Gasteiger partial charge in [0.1, 0.15) is 5.01 Å². The number of benzene rings is 1.